The maximum Gasteiger partial charge on any atom is 0.230 e. The number of hydrogen-bond donors (Lipinski definition) is 0. The second kappa shape index (κ2) is 9.38. The number of rotatable bonds is 6. The molecule has 1 amide bonds. The number of likely N-dealkylation sites (tertiary alicyclic amines) is 1. The van der Waals surface area contributed by atoms with Crippen molar-refractivity contribution in [3.8, 4) is 0 Å². The number of nitrogens with zero attached hydrogens (tertiary/aromatic N) is 2. The zero-order valence-corrected chi connectivity index (χ0v) is 16.4. The summed E-state index contributed by atoms with van der Waals surface area (Å²) in [6.07, 6.45) is 6.06. The molecule has 1 heterocycles. The highest BCUT2D eigenvalue weighted by atomic mass is 16.2. The first-order valence-corrected chi connectivity index (χ1v) is 10.5. The van der Waals surface area contributed by atoms with Gasteiger partial charge in [-0.2, -0.15) is 0 Å². The summed E-state index contributed by atoms with van der Waals surface area (Å²) >= 11 is 0. The number of amides is 1. The molecule has 2 aliphatic rings. The third-order valence-corrected chi connectivity index (χ3v) is 6.15. The average molecular weight is 382 g/mol. The highest BCUT2D eigenvalue weighted by Gasteiger charge is 2.34. The predicted octanol–water partition coefficient (Wildman–Crippen LogP) is 4.92. The van der Waals surface area contributed by atoms with Crippen LogP contribution >= 0.6 is 0 Å². The predicted molar refractivity (Wildman–Crippen MR) is 115 cm³/mol. The molecule has 1 aliphatic carbocycles. The maximum atomic E-state index is 13.6. The summed E-state index contributed by atoms with van der Waals surface area (Å²) in [6.45, 7) is 2.59. The van der Waals surface area contributed by atoms with E-state index in [0.29, 0.717) is 0 Å². The highest BCUT2D eigenvalue weighted by molar-refractivity contribution is 5.95. The summed E-state index contributed by atoms with van der Waals surface area (Å²) in [7, 11) is 0. The molecule has 2 aromatic carbocycles. The van der Waals surface area contributed by atoms with E-state index in [0.717, 1.165) is 64.6 Å². The molecule has 0 unspecified atom stereocenters. The lowest BCUT2D eigenvalue weighted by molar-refractivity contribution is -0.122. The average Bonchev–Trinajstić information content (AvgIpc) is 3.39. The Bertz CT molecular complexity index is 957. The minimum atomic E-state index is -0.419. The van der Waals surface area contributed by atoms with Crippen LogP contribution in [0, 0.1) is 5.92 Å². The normalized spacial score (nSPS) is 21.5. The fourth-order valence-corrected chi connectivity index (χ4v) is 4.54. The van der Waals surface area contributed by atoms with Gasteiger partial charge in [0.15, 0.2) is 0 Å². The van der Waals surface area contributed by atoms with Crippen molar-refractivity contribution in [2.45, 2.75) is 51.0 Å². The van der Waals surface area contributed by atoms with Gasteiger partial charge < -0.3 is 9.80 Å². The number of carbonyl (C=O) groups excluding carboxylic acids is 1. The number of para-hydroxylation sites is 1. The summed E-state index contributed by atoms with van der Waals surface area (Å²) in [4.78, 5) is 17.6. The van der Waals surface area contributed by atoms with Crippen LogP contribution < -0.4 is 4.90 Å². The fourth-order valence-electron chi connectivity index (χ4n) is 4.54. The fraction of sp³-hybridized carbons (Fsp3) is 0.480. The monoisotopic (exact) mass is 381 g/mol. The van der Waals surface area contributed by atoms with Crippen molar-refractivity contribution in [3.05, 3.63) is 66.1 Å². The Morgan fingerprint density at radius 2 is 1.68 bits per heavy atom. The third kappa shape index (κ3) is 4.64. The first kappa shape index (κ1) is 13.9. The molecule has 0 aromatic heterocycles. The van der Waals surface area contributed by atoms with E-state index in [2.05, 4.69) is 17.0 Å². The molecule has 3 nitrogen and oxygen atoms in total. The van der Waals surface area contributed by atoms with Crippen LogP contribution in [0.2, 0.25) is 0 Å². The molecule has 2 fully saturated rings. The van der Waals surface area contributed by atoms with Crippen LogP contribution in [0.5, 0.6) is 0 Å². The summed E-state index contributed by atoms with van der Waals surface area (Å²) in [5, 5.41) is 0. The van der Waals surface area contributed by atoms with Crippen LogP contribution in [0.3, 0.4) is 0 Å². The molecule has 28 heavy (non-hydrogen) atoms. The van der Waals surface area contributed by atoms with Crippen LogP contribution in [-0.2, 0) is 11.2 Å². The van der Waals surface area contributed by atoms with Gasteiger partial charge in [0.05, 0.1) is 6.85 Å². The molecule has 2 aromatic rings. The van der Waals surface area contributed by atoms with E-state index in [1.54, 1.807) is 4.90 Å². The molecule has 0 N–H and O–H groups in total. The molecule has 0 spiro atoms. The highest BCUT2D eigenvalue weighted by Crippen LogP contribution is 2.32. The van der Waals surface area contributed by atoms with E-state index >= 15 is 0 Å². The van der Waals surface area contributed by atoms with E-state index < -0.39 is 6.04 Å². The van der Waals surface area contributed by atoms with E-state index in [-0.39, 0.29) is 47.7 Å². The van der Waals surface area contributed by atoms with Crippen LogP contribution in [-0.4, -0.2) is 36.5 Å². The number of anilines is 1. The molecule has 0 atom stereocenters. The van der Waals surface area contributed by atoms with Gasteiger partial charge in [0.1, 0.15) is 0 Å². The molecule has 0 bridgehead atoms. The first-order chi connectivity index (χ1) is 15.9. The maximum absolute atomic E-state index is 13.6. The lowest BCUT2D eigenvalue weighted by atomic mass is 9.98. The van der Waals surface area contributed by atoms with Crippen LogP contribution in [0.4, 0.5) is 5.69 Å². The molecule has 3 heteroatoms. The molecular weight excluding hydrogens is 344 g/mol. The largest absolute Gasteiger partial charge is 0.309 e. The van der Waals surface area contributed by atoms with Gasteiger partial charge in [-0.3, -0.25) is 4.79 Å². The van der Waals surface area contributed by atoms with E-state index in [4.69, 9.17) is 6.85 Å². The third-order valence-electron chi connectivity index (χ3n) is 6.15. The quantitative estimate of drug-likeness (QED) is 0.709. The van der Waals surface area contributed by atoms with Crippen LogP contribution in [0.1, 0.15) is 50.9 Å². The van der Waals surface area contributed by atoms with Gasteiger partial charge in [-0.05, 0) is 49.8 Å². The number of carbonyl (C=O) groups is 1. The number of benzene rings is 2. The van der Waals surface area contributed by atoms with E-state index in [1.165, 1.54) is 5.56 Å². The van der Waals surface area contributed by atoms with Gasteiger partial charge >= 0.3 is 0 Å². The van der Waals surface area contributed by atoms with Crippen molar-refractivity contribution in [1.29, 1.82) is 0 Å². The Labute approximate surface area is 176 Å². The summed E-state index contributed by atoms with van der Waals surface area (Å²) in [5.74, 6) is -0.201. The summed E-state index contributed by atoms with van der Waals surface area (Å²) < 4.78 is 41.1. The van der Waals surface area contributed by atoms with Gasteiger partial charge in [-0.1, -0.05) is 61.3 Å². The van der Waals surface area contributed by atoms with Crippen molar-refractivity contribution < 1.29 is 11.6 Å². The van der Waals surface area contributed by atoms with Crippen molar-refractivity contribution in [3.63, 3.8) is 0 Å². The number of hydrogen-bond acceptors (Lipinski definition) is 2. The Balaban J connectivity index is 1.55. The van der Waals surface area contributed by atoms with Gasteiger partial charge in [0.2, 0.25) is 5.91 Å². The smallest absolute Gasteiger partial charge is 0.230 e. The molecule has 1 saturated heterocycles. The van der Waals surface area contributed by atoms with Gasteiger partial charge in [0, 0.05) is 37.3 Å². The molecule has 1 saturated carbocycles. The van der Waals surface area contributed by atoms with E-state index in [9.17, 15) is 4.79 Å². The molecule has 0 radical (unpaired) electrons. The minimum absolute atomic E-state index is 0.0561. The minimum Gasteiger partial charge on any atom is -0.309 e. The molecule has 4 rings (SSSR count). The Kier molecular flexibility index (Phi) is 4.67. The van der Waals surface area contributed by atoms with Crippen molar-refractivity contribution in [2.24, 2.45) is 5.92 Å². The van der Waals surface area contributed by atoms with Crippen molar-refractivity contribution in [2.75, 3.05) is 24.5 Å². The van der Waals surface area contributed by atoms with Gasteiger partial charge in [-0.25, -0.2) is 0 Å². The zero-order valence-electron chi connectivity index (χ0n) is 21.4. The van der Waals surface area contributed by atoms with Crippen molar-refractivity contribution in [1.82, 2.24) is 4.90 Å². The lowest BCUT2D eigenvalue weighted by Gasteiger charge is -2.39. The van der Waals surface area contributed by atoms with Crippen LogP contribution in [0.15, 0.2) is 60.5 Å². The number of piperidine rings is 1. The van der Waals surface area contributed by atoms with Crippen LogP contribution in [0.25, 0.3) is 0 Å². The van der Waals surface area contributed by atoms with E-state index in [1.807, 2.05) is 18.2 Å². The second-order valence-corrected chi connectivity index (χ2v) is 7.97. The Morgan fingerprint density at radius 3 is 2.36 bits per heavy atom. The zero-order chi connectivity index (χ0) is 23.5. The summed E-state index contributed by atoms with van der Waals surface area (Å²) in [6, 6.07) is 8.49. The van der Waals surface area contributed by atoms with Gasteiger partial charge in [-0.15, -0.1) is 0 Å². The topological polar surface area (TPSA) is 23.6 Å². The lowest BCUT2D eigenvalue weighted by Crippen LogP contribution is -2.49. The summed E-state index contributed by atoms with van der Waals surface area (Å²) in [5.41, 5.74) is 1.36. The molecule has 1 aliphatic heterocycles. The second-order valence-electron chi connectivity index (χ2n) is 7.97. The van der Waals surface area contributed by atoms with Crippen molar-refractivity contribution >= 4 is 11.6 Å². The SMILES string of the molecule is [2H]c1c([2H])c([2H])c(N(C(=O)C2CCCC2)C2CCN(CCc3ccccc3)CC2)c([2H])c1[2H]. The molecule has 148 valence electrons. The molecular formula is C25H32N2O. The standard InChI is InChI=1S/C25H32N2O/c28-25(22-11-7-8-12-22)27(23-13-5-2-6-14-23)24-16-19-26(20-17-24)18-15-21-9-3-1-4-10-21/h1-6,9-10,13-14,22,24H,7-8,11-12,15-20H2/i2D,5D,6D,13D,14D. The Hall–Kier alpha value is -2.13. The Morgan fingerprint density at radius 1 is 1.00 bits per heavy atom. The van der Waals surface area contributed by atoms with Gasteiger partial charge in [0.25, 0.3) is 0 Å². The first-order valence-electron chi connectivity index (χ1n) is 13.0.